The number of rotatable bonds is 8. The summed E-state index contributed by atoms with van der Waals surface area (Å²) < 4.78 is 5.63. The third-order valence-corrected chi connectivity index (χ3v) is 9.26. The zero-order valence-electron chi connectivity index (χ0n) is 19.4. The predicted octanol–water partition coefficient (Wildman–Crippen LogP) is 2.44. The summed E-state index contributed by atoms with van der Waals surface area (Å²) in [6.45, 7) is 0.0440. The van der Waals surface area contributed by atoms with E-state index in [4.69, 9.17) is 4.74 Å². The Bertz CT molecular complexity index is 1280. The summed E-state index contributed by atoms with van der Waals surface area (Å²) in [4.78, 5) is 39.4. The van der Waals surface area contributed by atoms with Gasteiger partial charge in [-0.1, -0.05) is 42.1 Å². The highest BCUT2D eigenvalue weighted by molar-refractivity contribution is 8.05. The molecular formula is C25H24N4O5S2. The number of carbonyl (C=O) groups excluding carboxylic acids is 2. The van der Waals surface area contributed by atoms with E-state index >= 15 is 0 Å². The molecule has 3 atom stereocenters. The third-order valence-electron chi connectivity index (χ3n) is 6.19. The number of hydrogen-bond acceptors (Lipinski definition) is 7. The van der Waals surface area contributed by atoms with Gasteiger partial charge in [0.25, 0.3) is 0 Å². The molecule has 3 heterocycles. The van der Waals surface area contributed by atoms with E-state index in [2.05, 4.69) is 10.4 Å². The quantitative estimate of drug-likeness (QED) is 0.432. The number of carboxylic acids is 1. The van der Waals surface area contributed by atoms with E-state index in [1.54, 1.807) is 29.0 Å². The highest BCUT2D eigenvalue weighted by Crippen LogP contribution is 2.46. The van der Waals surface area contributed by atoms with Crippen LogP contribution in [-0.2, 0) is 20.8 Å². The maximum Gasteiger partial charge on any atom is 0.322 e. The van der Waals surface area contributed by atoms with Gasteiger partial charge in [-0.25, -0.2) is 4.68 Å². The van der Waals surface area contributed by atoms with Crippen molar-refractivity contribution in [2.45, 2.75) is 27.6 Å². The molecule has 3 aromatic rings. The van der Waals surface area contributed by atoms with E-state index in [0.29, 0.717) is 10.8 Å². The number of nitrogens with zero attached hydrogens (tertiary/aromatic N) is 3. The van der Waals surface area contributed by atoms with Crippen molar-refractivity contribution in [2.24, 2.45) is 0 Å². The van der Waals surface area contributed by atoms with Crippen molar-refractivity contribution in [1.82, 2.24) is 20.0 Å². The van der Waals surface area contributed by atoms with Gasteiger partial charge < -0.3 is 20.1 Å². The third kappa shape index (κ3) is 4.56. The van der Waals surface area contributed by atoms with Crippen LogP contribution in [0.2, 0.25) is 0 Å². The fraction of sp³-hybridized carbons (Fsp3) is 0.280. The van der Waals surface area contributed by atoms with Crippen LogP contribution in [0.5, 0.6) is 5.75 Å². The second kappa shape index (κ2) is 9.90. The molecule has 9 nitrogen and oxygen atoms in total. The zero-order chi connectivity index (χ0) is 25.3. The van der Waals surface area contributed by atoms with Crippen LogP contribution in [-0.4, -0.2) is 73.1 Å². The number of hydrogen-bond donors (Lipinski definition) is 2. The molecule has 0 radical (unpaired) electrons. The Morgan fingerprint density at radius 1 is 1.19 bits per heavy atom. The smallest absolute Gasteiger partial charge is 0.322 e. The van der Waals surface area contributed by atoms with Crippen LogP contribution in [0, 0.1) is 0 Å². The van der Waals surface area contributed by atoms with Crippen LogP contribution >= 0.6 is 23.5 Å². The molecule has 2 N–H and O–H groups in total. The molecule has 1 aromatic heterocycles. The molecule has 11 heteroatoms. The number of nitrogens with one attached hydrogen (secondary N) is 1. The number of benzene rings is 2. The Morgan fingerprint density at radius 3 is 2.64 bits per heavy atom. The maximum absolute atomic E-state index is 12.9. The molecule has 0 spiro atoms. The fourth-order valence-electron chi connectivity index (χ4n) is 4.28. The number of aromatic nitrogens is 2. The lowest BCUT2D eigenvalue weighted by Crippen LogP contribution is -2.74. The highest BCUT2D eigenvalue weighted by Gasteiger charge is 2.58. The number of fused-ring (bicyclic) bond motifs is 1. The first-order valence-electron chi connectivity index (χ1n) is 11.3. The predicted molar refractivity (Wildman–Crippen MR) is 136 cm³/mol. The molecule has 2 fully saturated rings. The van der Waals surface area contributed by atoms with E-state index in [-0.39, 0.29) is 35.9 Å². The van der Waals surface area contributed by atoms with Gasteiger partial charge in [0.15, 0.2) is 0 Å². The van der Waals surface area contributed by atoms with E-state index < -0.39 is 16.8 Å². The van der Waals surface area contributed by atoms with E-state index in [1.165, 1.54) is 23.5 Å². The van der Waals surface area contributed by atoms with Gasteiger partial charge in [-0.15, -0.1) is 11.8 Å². The number of carbonyl (C=O) groups is 3. The van der Waals surface area contributed by atoms with E-state index in [1.807, 2.05) is 54.6 Å². The number of β-lactam (4-membered cyclic amide) rings is 1. The Hall–Kier alpha value is -3.44. The second-order valence-corrected chi connectivity index (χ2v) is 11.1. The minimum atomic E-state index is -1.25. The number of methoxy groups -OCH3 is 1. The summed E-state index contributed by atoms with van der Waals surface area (Å²) in [7, 11) is 1.59. The minimum absolute atomic E-state index is 0.0440. The fourth-order valence-corrected chi connectivity index (χ4v) is 7.17. The Morgan fingerprint density at radius 2 is 1.94 bits per heavy atom. The monoisotopic (exact) mass is 524 g/mol. The molecule has 186 valence electrons. The molecule has 1 unspecified atom stereocenters. The first-order valence-corrected chi connectivity index (χ1v) is 13.1. The van der Waals surface area contributed by atoms with Crippen LogP contribution in [0.3, 0.4) is 0 Å². The summed E-state index contributed by atoms with van der Waals surface area (Å²) >= 11 is 2.56. The summed E-state index contributed by atoms with van der Waals surface area (Å²) in [6.07, 6.45) is 1.81. The Balaban J connectivity index is 1.28. The van der Waals surface area contributed by atoms with Gasteiger partial charge in [-0.05, 0) is 35.9 Å². The van der Waals surface area contributed by atoms with Crippen LogP contribution in [0.4, 0.5) is 0 Å². The van der Waals surface area contributed by atoms with Gasteiger partial charge in [0.2, 0.25) is 11.8 Å². The van der Waals surface area contributed by atoms with Gasteiger partial charge in [0, 0.05) is 12.3 Å². The van der Waals surface area contributed by atoms with Crippen LogP contribution < -0.4 is 10.1 Å². The summed E-state index contributed by atoms with van der Waals surface area (Å²) in [6, 6.07) is 17.7. The average Bonchev–Trinajstić information content (AvgIpc) is 3.35. The standard InChI is InChI=1S/C25H24N4O5S2/c1-34-18-9-7-17(8-10-18)29-20(11-12-26-29)36-25(24(32)33)14-28-22(31)21(23(28)35-15-25)27-19(30)13-16-5-3-2-4-6-16/h2-12,21,23H,13-15H2,1H3,(H,27,30)(H,32,33)/t21-,23-,25?/m1/s1. The molecule has 2 aliphatic heterocycles. The number of thioether (sulfide) groups is 2. The highest BCUT2D eigenvalue weighted by atomic mass is 32.2. The lowest BCUT2D eigenvalue weighted by atomic mass is 10.0. The van der Waals surface area contributed by atoms with Crippen molar-refractivity contribution in [3.05, 3.63) is 72.4 Å². The van der Waals surface area contributed by atoms with E-state index in [0.717, 1.165) is 11.3 Å². The molecule has 0 bridgehead atoms. The van der Waals surface area contributed by atoms with E-state index in [9.17, 15) is 19.5 Å². The molecule has 2 amide bonds. The molecule has 2 aliphatic rings. The van der Waals surface area contributed by atoms with Gasteiger partial charge in [0.05, 0.1) is 25.4 Å². The number of ether oxygens (including phenoxy) is 1. The van der Waals surface area contributed by atoms with Crippen LogP contribution in [0.15, 0.2) is 71.9 Å². The maximum atomic E-state index is 12.9. The number of carboxylic acid groups (broad SMARTS) is 1. The normalized spacial score (nSPS) is 22.9. The molecule has 2 aromatic carbocycles. The van der Waals surface area contributed by atoms with Gasteiger partial charge >= 0.3 is 5.97 Å². The van der Waals surface area contributed by atoms with Crippen LogP contribution in [0.1, 0.15) is 5.56 Å². The molecule has 0 aliphatic carbocycles. The first-order chi connectivity index (χ1) is 17.4. The molecular weight excluding hydrogens is 500 g/mol. The van der Waals surface area contributed by atoms with Crippen molar-refractivity contribution in [2.75, 3.05) is 19.4 Å². The van der Waals surface area contributed by atoms with Gasteiger partial charge in [-0.3, -0.25) is 14.4 Å². The lowest BCUT2D eigenvalue weighted by Gasteiger charge is -2.53. The van der Waals surface area contributed by atoms with Crippen molar-refractivity contribution in [1.29, 1.82) is 0 Å². The van der Waals surface area contributed by atoms with Gasteiger partial charge in [-0.2, -0.15) is 5.10 Å². The Labute approximate surface area is 216 Å². The average molecular weight is 525 g/mol. The summed E-state index contributed by atoms with van der Waals surface area (Å²) in [5.74, 6) is -0.500. The second-order valence-electron chi connectivity index (χ2n) is 8.56. The van der Waals surface area contributed by atoms with Crippen molar-refractivity contribution in [3.8, 4) is 11.4 Å². The molecule has 0 saturated carbocycles. The SMILES string of the molecule is COc1ccc(-n2nccc2SC2(C(=O)O)CS[C@@H]3[C@H](NC(=O)Cc4ccccc4)C(=O)N3C2)cc1. The topological polar surface area (TPSA) is 114 Å². The largest absolute Gasteiger partial charge is 0.497 e. The van der Waals surface area contributed by atoms with Gasteiger partial charge in [0.1, 0.15) is 26.9 Å². The molecule has 2 saturated heterocycles. The number of aliphatic carboxylic acids is 1. The Kier molecular flexibility index (Phi) is 6.67. The first kappa shape index (κ1) is 24.3. The van der Waals surface area contributed by atoms with Crippen LogP contribution in [0.25, 0.3) is 5.69 Å². The van der Waals surface area contributed by atoms with Crippen molar-refractivity contribution < 1.29 is 24.2 Å². The summed E-state index contributed by atoms with van der Waals surface area (Å²) in [5.41, 5.74) is 1.64. The zero-order valence-corrected chi connectivity index (χ0v) is 21.0. The molecule has 5 rings (SSSR count). The minimum Gasteiger partial charge on any atom is -0.497 e. The van der Waals surface area contributed by atoms with Crippen molar-refractivity contribution in [3.63, 3.8) is 0 Å². The van der Waals surface area contributed by atoms with Crippen molar-refractivity contribution >= 4 is 41.3 Å². The summed E-state index contributed by atoms with van der Waals surface area (Å²) in [5, 5.41) is 17.8. The molecule has 36 heavy (non-hydrogen) atoms. The number of amides is 2. The lowest BCUT2D eigenvalue weighted by molar-refractivity contribution is -0.152.